The van der Waals surface area contributed by atoms with Crippen LogP contribution in [0.4, 0.5) is 23.5 Å². The first-order valence-corrected chi connectivity index (χ1v) is 22.9. The molecule has 5 heterocycles. The molecule has 0 spiro atoms. The number of hydrogen-bond donors (Lipinski definition) is 1. The number of carbonyl (C=O) groups excluding carboxylic acids is 1. The molecule has 0 bridgehead atoms. The third-order valence-electron chi connectivity index (χ3n) is 13.3. The number of nitrogens with zero attached hydrogens (tertiary/aromatic N) is 8. The number of halogens is 4. The van der Waals surface area contributed by atoms with E-state index < -0.39 is 63.2 Å². The summed E-state index contributed by atoms with van der Waals surface area (Å²) in [5.74, 6) is -0.0869. The minimum atomic E-state index is -3.09. The van der Waals surface area contributed by atoms with Gasteiger partial charge < -0.3 is 33.7 Å². The fraction of sp³-hybridized carbons (Fsp3) is 0.392. The van der Waals surface area contributed by atoms with Crippen molar-refractivity contribution in [1.82, 2.24) is 33.6 Å². The van der Waals surface area contributed by atoms with Crippen LogP contribution in [0.2, 0.25) is 0 Å². The highest BCUT2D eigenvalue weighted by Gasteiger charge is 2.51. The zero-order valence-corrected chi connectivity index (χ0v) is 40.5. The average molecular weight is 1000 g/mol. The van der Waals surface area contributed by atoms with Crippen molar-refractivity contribution in [1.29, 1.82) is 0 Å². The Morgan fingerprint density at radius 1 is 0.764 bits per heavy atom. The fourth-order valence-corrected chi connectivity index (χ4v) is 8.79. The molecular weight excluding hydrogens is 939 g/mol. The molecule has 0 radical (unpaired) electrons. The summed E-state index contributed by atoms with van der Waals surface area (Å²) in [7, 11) is -0.735. The number of aliphatic hydroxyl groups excluding tert-OH is 1. The van der Waals surface area contributed by atoms with E-state index in [0.717, 1.165) is 11.1 Å². The van der Waals surface area contributed by atoms with Crippen LogP contribution in [-0.4, -0.2) is 108 Å². The van der Waals surface area contributed by atoms with Crippen molar-refractivity contribution < 1.29 is 54.5 Å². The molecule has 1 N–H and O–H groups in total. The first-order chi connectivity index (χ1) is 36.5. The lowest BCUT2D eigenvalue weighted by Crippen LogP contribution is -2.55. The molecule has 0 saturated carbocycles. The Bertz CT molecular complexity index is 3480. The van der Waals surface area contributed by atoms with Crippen LogP contribution < -0.4 is 31.0 Å². The summed E-state index contributed by atoms with van der Waals surface area (Å²) >= 11 is 0. The maximum absolute atomic E-state index is 13.3. The van der Waals surface area contributed by atoms with Crippen LogP contribution in [0.5, 0.6) is 11.5 Å². The Balaban J connectivity index is 0.000000210. The van der Waals surface area contributed by atoms with Crippen LogP contribution in [0.3, 0.4) is 0 Å². The van der Waals surface area contributed by atoms with E-state index >= 15 is 0 Å². The quantitative estimate of drug-likeness (QED) is 0.107. The highest BCUT2D eigenvalue weighted by molar-refractivity contribution is 6.62. The zero-order chi connectivity index (χ0) is 57.0. The number of aryl methyl sites for hydroxylation is 2. The number of carbonyl (C=O) groups is 1. The van der Waals surface area contributed by atoms with Gasteiger partial charge in [-0.2, -0.15) is 17.6 Å². The van der Waals surface area contributed by atoms with Crippen LogP contribution in [0.25, 0.3) is 32.9 Å². The van der Waals surface area contributed by atoms with Gasteiger partial charge in [-0.3, -0.25) is 33.1 Å². The largest absolute Gasteiger partial charge is 0.494 e. The fourth-order valence-electron chi connectivity index (χ4n) is 8.79. The predicted molar refractivity (Wildman–Crippen MR) is 265 cm³/mol. The lowest BCUT2D eigenvalue weighted by molar-refractivity contribution is -0.136. The number of fused-ring (bicyclic) bond motifs is 2. The molecule has 0 unspecified atom stereocenters. The van der Waals surface area contributed by atoms with E-state index in [1.54, 1.807) is 79.7 Å². The van der Waals surface area contributed by atoms with Gasteiger partial charge in [0.25, 0.3) is 11.1 Å². The van der Waals surface area contributed by atoms with Crippen molar-refractivity contribution in [3.63, 3.8) is 0 Å². The minimum absolute atomic E-state index is 0.0981. The standard InChI is InChI=1S/C28H30F2N6O4.C23H27BF2N2O4/c1-17-4-7-24(40-27(29)30)20(10-17)15-36-23-11-19(5-6-22(23)26(39)33(36)3)21-12-31-28(32-13-21)34-8-9-35(18(2)14-34)25(38)16-37;1-14-7-10-19(30-21(25)26)15(11-14)13-28-18-12-16(8-9-17(18)20(29)27(28)6)24-31-22(2,3)23(4,5)32-24/h4-7,10-13,18,27,37H,8-9,14-16H2,1-3H3;7-12,21H,13H2,1-6H3/t18-;/m1./s1/i3D3;6D3. The summed E-state index contributed by atoms with van der Waals surface area (Å²) in [6.45, 7) is 1.71. The molecule has 2 fully saturated rings. The molecule has 2 saturated heterocycles. The second-order valence-electron chi connectivity index (χ2n) is 18.7. The number of hydrogen-bond acceptors (Lipinski definition) is 11. The van der Waals surface area contributed by atoms with Crippen molar-refractivity contribution in [3.8, 4) is 22.6 Å². The Morgan fingerprint density at radius 2 is 1.28 bits per heavy atom. The summed E-state index contributed by atoms with van der Waals surface area (Å²) in [5, 5.41) is 9.50. The Kier molecular flexibility index (Phi) is 12.3. The first-order valence-electron chi connectivity index (χ1n) is 25.9. The van der Waals surface area contributed by atoms with Gasteiger partial charge in [-0.25, -0.2) is 9.97 Å². The van der Waals surface area contributed by atoms with Gasteiger partial charge in [-0.05, 0) is 95.9 Å². The lowest BCUT2D eigenvalue weighted by atomic mass is 9.79. The number of aromatic nitrogens is 6. The molecule has 1 atom stereocenters. The van der Waals surface area contributed by atoms with Gasteiger partial charge in [0, 0.05) is 76.9 Å². The number of rotatable bonds is 12. The number of anilines is 1. The average Bonchev–Trinajstić information content (AvgIpc) is 4.05. The number of alkyl halides is 4. The first kappa shape index (κ1) is 43.8. The lowest BCUT2D eigenvalue weighted by Gasteiger charge is -2.39. The molecule has 72 heavy (non-hydrogen) atoms. The molecule has 4 aromatic carbocycles. The van der Waals surface area contributed by atoms with Crippen molar-refractivity contribution in [2.24, 2.45) is 14.0 Å². The molecule has 3 aromatic heterocycles. The van der Waals surface area contributed by atoms with Gasteiger partial charge in [0.15, 0.2) is 0 Å². The van der Waals surface area contributed by atoms with Crippen LogP contribution in [-0.2, 0) is 41.1 Å². The smallest absolute Gasteiger partial charge is 0.434 e. The number of aliphatic hydroxyl groups is 1. The van der Waals surface area contributed by atoms with Crippen molar-refractivity contribution >= 4 is 46.2 Å². The van der Waals surface area contributed by atoms with Crippen LogP contribution in [0, 0.1) is 13.8 Å². The van der Waals surface area contributed by atoms with Crippen molar-refractivity contribution in [3.05, 3.63) is 128 Å². The topological polar surface area (TPSA) is 160 Å². The molecule has 21 heteroatoms. The molecule has 1 amide bonds. The Labute approximate surface area is 421 Å². The van der Waals surface area contributed by atoms with Crippen LogP contribution >= 0.6 is 0 Å². The summed E-state index contributed by atoms with van der Waals surface area (Å²) in [5.41, 5.74) is 1.83. The van der Waals surface area contributed by atoms with Crippen molar-refractivity contribution in [2.75, 3.05) is 31.1 Å². The second-order valence-corrected chi connectivity index (χ2v) is 18.7. The van der Waals surface area contributed by atoms with Gasteiger partial charge >= 0.3 is 20.3 Å². The maximum Gasteiger partial charge on any atom is 0.494 e. The third-order valence-corrected chi connectivity index (χ3v) is 13.3. The minimum Gasteiger partial charge on any atom is -0.434 e. The molecule has 7 aromatic rings. The summed E-state index contributed by atoms with van der Waals surface area (Å²) in [6.07, 6.45) is 3.22. The Morgan fingerprint density at radius 3 is 1.76 bits per heavy atom. The number of ether oxygens (including phenoxy) is 2. The molecule has 2 aliphatic heterocycles. The SMILES string of the molecule is [2H]C([2H])([2H])n1c(=O)c2ccc(-c3cnc(N4CCN(C(=O)CO)[C@H](C)C4)nc3)cc2n1Cc1cc(C)ccc1OC(F)F.[2H]C([2H])([2H])n1c(=O)c2ccc(B3OC(C)(C)C(C)(C)O3)cc2n1Cc1cc(C)ccc1OC(F)F. The molecule has 0 aliphatic carbocycles. The van der Waals surface area contributed by atoms with E-state index in [9.17, 15) is 37.1 Å². The Hall–Kier alpha value is -6.97. The molecule has 380 valence electrons. The predicted octanol–water partition coefficient (Wildman–Crippen LogP) is 6.38. The summed E-state index contributed by atoms with van der Waals surface area (Å²) in [6, 6.07) is 18.7. The number of piperazine rings is 1. The molecule has 9 rings (SSSR count). The molecular formula is C51H57BF4N8O8. The van der Waals surface area contributed by atoms with E-state index in [4.69, 9.17) is 17.5 Å². The molecule has 16 nitrogen and oxygen atoms in total. The second kappa shape index (κ2) is 20.3. The van der Waals surface area contributed by atoms with Crippen molar-refractivity contribution in [2.45, 2.75) is 92.0 Å². The summed E-state index contributed by atoms with van der Waals surface area (Å²) in [4.78, 5) is 50.9. The monoisotopic (exact) mass is 1000 g/mol. The van der Waals surface area contributed by atoms with Crippen LogP contribution in [0.1, 0.15) is 65.1 Å². The number of amides is 1. The van der Waals surface area contributed by atoms with Gasteiger partial charge in [0.1, 0.15) is 18.1 Å². The van der Waals surface area contributed by atoms with Gasteiger partial charge in [-0.1, -0.05) is 47.5 Å². The van der Waals surface area contributed by atoms with E-state index in [1.807, 2.05) is 39.5 Å². The van der Waals surface area contributed by atoms with Gasteiger partial charge in [-0.15, -0.1) is 0 Å². The molecule has 2 aliphatic rings. The third kappa shape index (κ3) is 10.4. The highest BCUT2D eigenvalue weighted by atomic mass is 19.3. The van der Waals surface area contributed by atoms with E-state index in [-0.39, 0.29) is 58.4 Å². The van der Waals surface area contributed by atoms with Gasteiger partial charge in [0.2, 0.25) is 11.9 Å². The highest BCUT2D eigenvalue weighted by Crippen LogP contribution is 2.37. The van der Waals surface area contributed by atoms with E-state index in [2.05, 4.69) is 19.4 Å². The number of benzene rings is 4. The van der Waals surface area contributed by atoms with Gasteiger partial charge in [0.05, 0.1) is 46.1 Å². The van der Waals surface area contributed by atoms with E-state index in [1.165, 1.54) is 33.6 Å². The van der Waals surface area contributed by atoms with Crippen LogP contribution in [0.15, 0.2) is 94.8 Å². The van der Waals surface area contributed by atoms with E-state index in [0.29, 0.717) is 62.6 Å². The maximum atomic E-state index is 13.3. The summed E-state index contributed by atoms with van der Waals surface area (Å²) < 4.78 is 126. The zero-order valence-electron chi connectivity index (χ0n) is 46.5. The normalized spacial score (nSPS) is 18.1.